The quantitative estimate of drug-likeness (QED) is 0.392. The van der Waals surface area contributed by atoms with Crippen LogP contribution in [-0.4, -0.2) is 13.1 Å². The first kappa shape index (κ1) is 19.0. The molecule has 1 fully saturated rings. The molecule has 0 aromatic carbocycles. The fraction of sp³-hybridized carbons (Fsp3) is 1.00. The van der Waals surface area contributed by atoms with Gasteiger partial charge in [-0.2, -0.15) is 0 Å². The third-order valence-electron chi connectivity index (χ3n) is 5.41. The molecule has 0 bridgehead atoms. The van der Waals surface area contributed by atoms with E-state index >= 15 is 0 Å². The van der Waals surface area contributed by atoms with E-state index < -0.39 is 0 Å². The molecule has 21 heavy (non-hydrogen) atoms. The normalized spacial score (nSPS) is 16.7. The number of hydrogen-bond acceptors (Lipinski definition) is 1. The second kappa shape index (κ2) is 13.6. The Morgan fingerprint density at radius 1 is 0.714 bits per heavy atom. The molecular weight excluding hydrogens is 254 g/mol. The van der Waals surface area contributed by atoms with Crippen molar-refractivity contribution in [1.29, 1.82) is 0 Å². The van der Waals surface area contributed by atoms with Gasteiger partial charge in [0.2, 0.25) is 0 Å². The van der Waals surface area contributed by atoms with Gasteiger partial charge in [0.25, 0.3) is 0 Å². The highest BCUT2D eigenvalue weighted by Crippen LogP contribution is 2.31. The predicted octanol–water partition coefficient (Wildman–Crippen LogP) is 6.32. The van der Waals surface area contributed by atoms with Gasteiger partial charge in [-0.05, 0) is 37.8 Å². The Morgan fingerprint density at radius 2 is 1.19 bits per heavy atom. The molecule has 0 radical (unpaired) electrons. The van der Waals surface area contributed by atoms with Crippen LogP contribution < -0.4 is 5.32 Å². The zero-order valence-corrected chi connectivity index (χ0v) is 15.0. The van der Waals surface area contributed by atoms with Crippen LogP contribution >= 0.6 is 0 Å². The van der Waals surface area contributed by atoms with Crippen molar-refractivity contribution < 1.29 is 0 Å². The SMILES string of the molecule is CCCCCCCC(CCCCCCC)C1CCNCC1. The monoisotopic (exact) mass is 295 g/mol. The van der Waals surface area contributed by atoms with Gasteiger partial charge in [-0.15, -0.1) is 0 Å². The van der Waals surface area contributed by atoms with E-state index in [1.165, 1.54) is 103 Å². The average Bonchev–Trinajstić information content (AvgIpc) is 2.53. The lowest BCUT2D eigenvalue weighted by molar-refractivity contribution is 0.223. The molecule has 1 nitrogen and oxygen atoms in total. The molecule has 0 spiro atoms. The Hall–Kier alpha value is -0.0400. The fourth-order valence-corrected chi connectivity index (χ4v) is 3.95. The predicted molar refractivity (Wildman–Crippen MR) is 95.8 cm³/mol. The van der Waals surface area contributed by atoms with Gasteiger partial charge >= 0.3 is 0 Å². The van der Waals surface area contributed by atoms with Gasteiger partial charge < -0.3 is 5.32 Å². The molecule has 1 aliphatic heterocycles. The van der Waals surface area contributed by atoms with Crippen molar-refractivity contribution in [3.8, 4) is 0 Å². The summed E-state index contributed by atoms with van der Waals surface area (Å²) in [5.74, 6) is 2.07. The highest BCUT2D eigenvalue weighted by molar-refractivity contribution is 4.76. The molecule has 0 unspecified atom stereocenters. The van der Waals surface area contributed by atoms with Crippen LogP contribution in [0.5, 0.6) is 0 Å². The third kappa shape index (κ3) is 9.55. The van der Waals surface area contributed by atoms with Crippen molar-refractivity contribution >= 4 is 0 Å². The molecule has 126 valence electrons. The molecule has 1 aliphatic rings. The number of unbranched alkanes of at least 4 members (excludes halogenated alkanes) is 8. The Labute approximate surface area is 134 Å². The molecule has 0 atom stereocenters. The summed E-state index contributed by atoms with van der Waals surface area (Å²) in [4.78, 5) is 0. The largest absolute Gasteiger partial charge is 0.317 e. The number of rotatable bonds is 13. The van der Waals surface area contributed by atoms with E-state index in [1.54, 1.807) is 0 Å². The molecule has 0 aromatic rings. The summed E-state index contributed by atoms with van der Waals surface area (Å²) in [7, 11) is 0. The van der Waals surface area contributed by atoms with Crippen LogP contribution in [0.1, 0.15) is 104 Å². The highest BCUT2D eigenvalue weighted by Gasteiger charge is 2.22. The summed E-state index contributed by atoms with van der Waals surface area (Å²) in [5.41, 5.74) is 0. The van der Waals surface area contributed by atoms with Crippen LogP contribution in [0.25, 0.3) is 0 Å². The molecule has 0 aromatic heterocycles. The van der Waals surface area contributed by atoms with Crippen molar-refractivity contribution in [2.24, 2.45) is 11.8 Å². The molecule has 1 rings (SSSR count). The number of piperidine rings is 1. The van der Waals surface area contributed by atoms with Gasteiger partial charge in [-0.1, -0.05) is 90.9 Å². The molecule has 1 heterocycles. The van der Waals surface area contributed by atoms with E-state index in [4.69, 9.17) is 0 Å². The van der Waals surface area contributed by atoms with E-state index in [9.17, 15) is 0 Å². The number of hydrogen-bond donors (Lipinski definition) is 1. The van der Waals surface area contributed by atoms with Crippen LogP contribution in [0.2, 0.25) is 0 Å². The highest BCUT2D eigenvalue weighted by atomic mass is 14.9. The van der Waals surface area contributed by atoms with Crippen molar-refractivity contribution in [3.63, 3.8) is 0 Å². The lowest BCUT2D eigenvalue weighted by atomic mass is 9.79. The molecule has 0 amide bonds. The van der Waals surface area contributed by atoms with Crippen LogP contribution in [0.4, 0.5) is 0 Å². The number of nitrogens with one attached hydrogen (secondary N) is 1. The Balaban J connectivity index is 2.20. The van der Waals surface area contributed by atoms with Crippen molar-refractivity contribution in [3.05, 3.63) is 0 Å². The van der Waals surface area contributed by atoms with E-state index in [0.29, 0.717) is 0 Å². The molecule has 1 saturated heterocycles. The summed E-state index contributed by atoms with van der Waals surface area (Å²) < 4.78 is 0. The first-order chi connectivity index (χ1) is 10.4. The van der Waals surface area contributed by atoms with Crippen molar-refractivity contribution in [2.45, 2.75) is 104 Å². The summed E-state index contributed by atoms with van der Waals surface area (Å²) >= 11 is 0. The molecule has 1 N–H and O–H groups in total. The average molecular weight is 296 g/mol. The Morgan fingerprint density at radius 3 is 1.67 bits per heavy atom. The van der Waals surface area contributed by atoms with E-state index in [-0.39, 0.29) is 0 Å². The van der Waals surface area contributed by atoms with Gasteiger partial charge in [-0.3, -0.25) is 0 Å². The fourth-order valence-electron chi connectivity index (χ4n) is 3.95. The van der Waals surface area contributed by atoms with E-state index in [0.717, 1.165) is 11.8 Å². The van der Waals surface area contributed by atoms with Gasteiger partial charge in [0, 0.05) is 0 Å². The maximum absolute atomic E-state index is 3.54. The summed E-state index contributed by atoms with van der Waals surface area (Å²) in [6, 6.07) is 0. The third-order valence-corrected chi connectivity index (χ3v) is 5.41. The second-order valence-corrected chi connectivity index (χ2v) is 7.25. The first-order valence-electron chi connectivity index (χ1n) is 10.1. The summed E-state index contributed by atoms with van der Waals surface area (Å²) in [6.07, 6.45) is 20.4. The van der Waals surface area contributed by atoms with E-state index in [2.05, 4.69) is 19.2 Å². The van der Waals surface area contributed by atoms with Gasteiger partial charge in [0.15, 0.2) is 0 Å². The minimum Gasteiger partial charge on any atom is -0.317 e. The maximum Gasteiger partial charge on any atom is -0.00462 e. The molecular formula is C20H41N. The lowest BCUT2D eigenvalue weighted by Gasteiger charge is -2.31. The van der Waals surface area contributed by atoms with Crippen LogP contribution in [-0.2, 0) is 0 Å². The molecule has 0 aliphatic carbocycles. The molecule has 0 saturated carbocycles. The summed E-state index contributed by atoms with van der Waals surface area (Å²) in [6.45, 7) is 7.17. The second-order valence-electron chi connectivity index (χ2n) is 7.25. The lowest BCUT2D eigenvalue weighted by Crippen LogP contribution is -2.31. The van der Waals surface area contributed by atoms with Crippen molar-refractivity contribution in [2.75, 3.05) is 13.1 Å². The maximum atomic E-state index is 3.54. The van der Waals surface area contributed by atoms with E-state index in [1.807, 2.05) is 0 Å². The van der Waals surface area contributed by atoms with Gasteiger partial charge in [0.1, 0.15) is 0 Å². The zero-order chi connectivity index (χ0) is 15.2. The van der Waals surface area contributed by atoms with Gasteiger partial charge in [-0.25, -0.2) is 0 Å². The minimum atomic E-state index is 1.03. The zero-order valence-electron chi connectivity index (χ0n) is 15.0. The van der Waals surface area contributed by atoms with Crippen LogP contribution in [0, 0.1) is 11.8 Å². The topological polar surface area (TPSA) is 12.0 Å². The van der Waals surface area contributed by atoms with Crippen LogP contribution in [0.15, 0.2) is 0 Å². The Bertz CT molecular complexity index is 194. The Kier molecular flexibility index (Phi) is 12.3. The first-order valence-corrected chi connectivity index (χ1v) is 10.1. The summed E-state index contributed by atoms with van der Waals surface area (Å²) in [5, 5.41) is 3.54. The van der Waals surface area contributed by atoms with Gasteiger partial charge in [0.05, 0.1) is 0 Å². The van der Waals surface area contributed by atoms with Crippen molar-refractivity contribution in [1.82, 2.24) is 5.32 Å². The standard InChI is InChI=1S/C20H41N/c1-3-5-7-9-11-13-19(14-12-10-8-6-4-2)20-15-17-21-18-16-20/h19-21H,3-18H2,1-2H3. The smallest absolute Gasteiger partial charge is 0.00462 e. The van der Waals surface area contributed by atoms with Crippen LogP contribution in [0.3, 0.4) is 0 Å². The molecule has 1 heteroatoms. The minimum absolute atomic E-state index is 1.03.